The molecule has 0 amide bonds. The van der Waals surface area contributed by atoms with Gasteiger partial charge in [0.2, 0.25) is 0 Å². The Balaban J connectivity index is 1.54. The van der Waals surface area contributed by atoms with Gasteiger partial charge >= 0.3 is 0 Å². The predicted octanol–water partition coefficient (Wildman–Crippen LogP) is 6.55. The van der Waals surface area contributed by atoms with Crippen LogP contribution in [0.2, 0.25) is 0 Å². The summed E-state index contributed by atoms with van der Waals surface area (Å²) in [7, 11) is 0. The van der Waals surface area contributed by atoms with Crippen molar-refractivity contribution >= 4 is 0 Å². The Morgan fingerprint density at radius 2 is 1.71 bits per heavy atom. The number of rotatable bonds is 5. The first-order valence-corrected chi connectivity index (χ1v) is 9.91. The molecule has 0 saturated heterocycles. The van der Waals surface area contributed by atoms with Crippen molar-refractivity contribution in [1.82, 2.24) is 0 Å². The average Bonchev–Trinajstić information content (AvgIpc) is 2.97. The van der Waals surface area contributed by atoms with Crippen molar-refractivity contribution in [3.05, 3.63) is 0 Å². The van der Waals surface area contributed by atoms with Crippen molar-refractivity contribution in [2.24, 2.45) is 46.8 Å². The maximum absolute atomic E-state index is 2.65. The summed E-state index contributed by atoms with van der Waals surface area (Å²) in [5.74, 6) is 7.09. The van der Waals surface area contributed by atoms with Gasteiger partial charge in [0.1, 0.15) is 0 Å². The Labute approximate surface area is 133 Å². The van der Waals surface area contributed by atoms with Crippen LogP contribution in [0.3, 0.4) is 0 Å². The molecule has 0 heteroatoms. The fourth-order valence-corrected chi connectivity index (χ4v) is 6.41. The van der Waals surface area contributed by atoms with Gasteiger partial charge in [-0.05, 0) is 72.5 Å². The minimum absolute atomic E-state index is 0.674. The molecule has 122 valence electrons. The van der Waals surface area contributed by atoms with Crippen LogP contribution in [0, 0.1) is 46.8 Å². The van der Waals surface area contributed by atoms with Crippen LogP contribution in [0.4, 0.5) is 0 Å². The van der Waals surface area contributed by atoms with E-state index < -0.39 is 0 Å². The van der Waals surface area contributed by atoms with Crippen LogP contribution in [-0.2, 0) is 0 Å². The molecule has 0 radical (unpaired) electrons. The molecule has 0 N–H and O–H groups in total. The molecule has 0 heterocycles. The first-order chi connectivity index (χ1) is 9.91. The van der Waals surface area contributed by atoms with Gasteiger partial charge in [-0.1, -0.05) is 60.3 Å². The van der Waals surface area contributed by atoms with E-state index >= 15 is 0 Å². The number of hydrogen-bond donors (Lipinski definition) is 0. The van der Waals surface area contributed by atoms with Crippen LogP contribution in [-0.4, -0.2) is 0 Å². The Morgan fingerprint density at radius 3 is 2.24 bits per heavy atom. The Morgan fingerprint density at radius 1 is 1.05 bits per heavy atom. The van der Waals surface area contributed by atoms with E-state index in [0.717, 1.165) is 41.4 Å². The molecule has 3 fully saturated rings. The molecule has 7 unspecified atom stereocenters. The second-order valence-corrected chi connectivity index (χ2v) is 9.67. The highest BCUT2D eigenvalue weighted by Crippen LogP contribution is 2.61. The lowest BCUT2D eigenvalue weighted by Gasteiger charge is -2.57. The second kappa shape index (κ2) is 5.89. The third-order valence-corrected chi connectivity index (χ3v) is 8.36. The Bertz CT molecular complexity index is 353. The van der Waals surface area contributed by atoms with Gasteiger partial charge in [0, 0.05) is 0 Å². The third-order valence-electron chi connectivity index (χ3n) is 8.36. The minimum atomic E-state index is 0.674. The van der Waals surface area contributed by atoms with E-state index in [1.807, 2.05) is 0 Å². The van der Waals surface area contributed by atoms with Gasteiger partial charge in [0.25, 0.3) is 0 Å². The van der Waals surface area contributed by atoms with Crippen LogP contribution in [0.5, 0.6) is 0 Å². The smallest absolute Gasteiger partial charge is 0.0266 e. The zero-order valence-electron chi connectivity index (χ0n) is 15.2. The largest absolute Gasteiger partial charge is 0.0625 e. The van der Waals surface area contributed by atoms with Gasteiger partial charge < -0.3 is 0 Å². The first kappa shape index (κ1) is 15.9. The Kier molecular flexibility index (Phi) is 4.46. The highest BCUT2D eigenvalue weighted by molar-refractivity contribution is 5.01. The van der Waals surface area contributed by atoms with Crippen LogP contribution in [0.25, 0.3) is 0 Å². The molecule has 3 aliphatic rings. The van der Waals surface area contributed by atoms with Crippen molar-refractivity contribution in [3.8, 4) is 0 Å². The zero-order chi connectivity index (χ0) is 15.2. The molecular formula is C21H38. The summed E-state index contributed by atoms with van der Waals surface area (Å²) in [6.45, 7) is 12.7. The summed E-state index contributed by atoms with van der Waals surface area (Å²) in [6, 6.07) is 0. The highest BCUT2D eigenvalue weighted by atomic mass is 14.6. The quantitative estimate of drug-likeness (QED) is 0.538. The molecule has 7 atom stereocenters. The van der Waals surface area contributed by atoms with Gasteiger partial charge in [0.05, 0.1) is 0 Å². The SMILES string of the molecule is CC(CC1CC(C)C1C)CC1(C)C(C)CC1C1CCCC1. The maximum atomic E-state index is 2.65. The molecule has 0 aromatic carbocycles. The van der Waals surface area contributed by atoms with Gasteiger partial charge in [0.15, 0.2) is 0 Å². The first-order valence-electron chi connectivity index (χ1n) is 9.91. The summed E-state index contributed by atoms with van der Waals surface area (Å²) in [6.07, 6.45) is 12.2. The lowest BCUT2D eigenvalue weighted by atomic mass is 9.48. The molecule has 0 aliphatic heterocycles. The molecule has 21 heavy (non-hydrogen) atoms. The van der Waals surface area contributed by atoms with Crippen molar-refractivity contribution in [2.45, 2.75) is 86.0 Å². The van der Waals surface area contributed by atoms with Gasteiger partial charge in [-0.3, -0.25) is 0 Å². The third kappa shape index (κ3) is 2.81. The lowest BCUT2D eigenvalue weighted by molar-refractivity contribution is -0.0817. The van der Waals surface area contributed by atoms with Crippen molar-refractivity contribution in [3.63, 3.8) is 0 Å². The van der Waals surface area contributed by atoms with Crippen LogP contribution >= 0.6 is 0 Å². The fraction of sp³-hybridized carbons (Fsp3) is 1.00. The normalized spacial score (nSPS) is 48.7. The van der Waals surface area contributed by atoms with Crippen LogP contribution in [0.15, 0.2) is 0 Å². The molecule has 3 aliphatic carbocycles. The monoisotopic (exact) mass is 290 g/mol. The molecule has 0 spiro atoms. The van der Waals surface area contributed by atoms with Crippen LogP contribution in [0.1, 0.15) is 86.0 Å². The van der Waals surface area contributed by atoms with E-state index in [2.05, 4.69) is 34.6 Å². The summed E-state index contributed by atoms with van der Waals surface area (Å²) >= 11 is 0. The molecule has 0 aromatic heterocycles. The summed E-state index contributed by atoms with van der Waals surface area (Å²) in [5, 5.41) is 0. The van der Waals surface area contributed by atoms with E-state index in [4.69, 9.17) is 0 Å². The topological polar surface area (TPSA) is 0 Å². The summed E-state index contributed by atoms with van der Waals surface area (Å²) < 4.78 is 0. The molecule has 3 saturated carbocycles. The summed E-state index contributed by atoms with van der Waals surface area (Å²) in [4.78, 5) is 0. The fourth-order valence-electron chi connectivity index (χ4n) is 6.41. The van der Waals surface area contributed by atoms with Crippen LogP contribution < -0.4 is 0 Å². The second-order valence-electron chi connectivity index (χ2n) is 9.67. The maximum Gasteiger partial charge on any atom is -0.0266 e. The van der Waals surface area contributed by atoms with Crippen molar-refractivity contribution in [2.75, 3.05) is 0 Å². The van der Waals surface area contributed by atoms with E-state index in [9.17, 15) is 0 Å². The van der Waals surface area contributed by atoms with E-state index in [-0.39, 0.29) is 0 Å². The zero-order valence-corrected chi connectivity index (χ0v) is 15.2. The highest BCUT2D eigenvalue weighted by Gasteiger charge is 2.52. The molecule has 0 bridgehead atoms. The average molecular weight is 291 g/mol. The van der Waals surface area contributed by atoms with Crippen molar-refractivity contribution in [1.29, 1.82) is 0 Å². The molecule has 0 aromatic rings. The standard InChI is InChI=1S/C21H38/c1-14(10-19-11-15(2)17(19)4)13-21(5)16(3)12-20(21)18-8-6-7-9-18/h14-20H,6-13H2,1-5H3. The predicted molar refractivity (Wildman–Crippen MR) is 92.2 cm³/mol. The lowest BCUT2D eigenvalue weighted by Crippen LogP contribution is -2.49. The molecular weight excluding hydrogens is 252 g/mol. The molecule has 0 nitrogen and oxygen atoms in total. The molecule has 3 rings (SSSR count). The van der Waals surface area contributed by atoms with E-state index in [0.29, 0.717) is 5.41 Å². The van der Waals surface area contributed by atoms with Gasteiger partial charge in [-0.2, -0.15) is 0 Å². The van der Waals surface area contributed by atoms with Crippen molar-refractivity contribution < 1.29 is 0 Å². The van der Waals surface area contributed by atoms with Gasteiger partial charge in [-0.15, -0.1) is 0 Å². The minimum Gasteiger partial charge on any atom is -0.0625 e. The number of hydrogen-bond acceptors (Lipinski definition) is 0. The summed E-state index contributed by atoms with van der Waals surface area (Å²) in [5.41, 5.74) is 0.674. The Hall–Kier alpha value is 0. The van der Waals surface area contributed by atoms with E-state index in [1.165, 1.54) is 38.5 Å². The van der Waals surface area contributed by atoms with Gasteiger partial charge in [-0.25, -0.2) is 0 Å². The van der Waals surface area contributed by atoms with E-state index in [1.54, 1.807) is 12.8 Å².